The number of primary sulfonamides is 1. The molecule has 0 aliphatic carbocycles. The van der Waals surface area contributed by atoms with E-state index in [0.29, 0.717) is 18.7 Å². The van der Waals surface area contributed by atoms with Crippen LogP contribution in [0, 0.1) is 0 Å². The lowest BCUT2D eigenvalue weighted by atomic mass is 10.3. The average molecular weight is 310 g/mol. The largest absolute Gasteiger partial charge is 0.352 e. The van der Waals surface area contributed by atoms with Crippen LogP contribution < -0.4 is 10.5 Å². The number of hydrogen-bond donors (Lipinski definition) is 2. The summed E-state index contributed by atoms with van der Waals surface area (Å²) in [5.74, 6) is 0.162. The van der Waals surface area contributed by atoms with E-state index in [2.05, 4.69) is 5.32 Å². The van der Waals surface area contributed by atoms with Crippen LogP contribution in [0.15, 0.2) is 15.7 Å². The van der Waals surface area contributed by atoms with Crippen molar-refractivity contribution in [3.63, 3.8) is 0 Å². The SMILES string of the molecule is CS(=O)CCCNC(=O)c1csc(S(N)(=O)=O)c1. The van der Waals surface area contributed by atoms with Crippen LogP contribution in [-0.4, -0.2) is 37.1 Å². The Morgan fingerprint density at radius 1 is 1.56 bits per heavy atom. The van der Waals surface area contributed by atoms with Crippen LogP contribution in [0.3, 0.4) is 0 Å². The third-order valence-electron chi connectivity index (χ3n) is 2.01. The molecule has 1 amide bonds. The van der Waals surface area contributed by atoms with Crippen LogP contribution in [0.1, 0.15) is 16.8 Å². The molecule has 0 saturated heterocycles. The van der Waals surface area contributed by atoms with E-state index in [9.17, 15) is 17.4 Å². The standard InChI is InChI=1S/C9H14N2O4S3/c1-17(13)4-2-3-11-9(12)7-5-8(16-6-7)18(10,14)15/h5-6H,2-4H2,1H3,(H,11,12)(H2,10,14,15). The fourth-order valence-corrected chi connectivity index (χ4v) is 3.30. The first-order valence-electron chi connectivity index (χ1n) is 5.00. The number of hydrogen-bond acceptors (Lipinski definition) is 5. The molecule has 1 unspecified atom stereocenters. The summed E-state index contributed by atoms with van der Waals surface area (Å²) in [5.41, 5.74) is 0.265. The van der Waals surface area contributed by atoms with E-state index in [1.807, 2.05) is 0 Å². The number of carbonyl (C=O) groups excluding carboxylic acids is 1. The average Bonchev–Trinajstić information content (AvgIpc) is 2.72. The van der Waals surface area contributed by atoms with Gasteiger partial charge in [-0.25, -0.2) is 13.6 Å². The predicted octanol–water partition coefficient (Wildman–Crippen LogP) is -0.106. The van der Waals surface area contributed by atoms with Crippen LogP contribution >= 0.6 is 11.3 Å². The van der Waals surface area contributed by atoms with Crippen LogP contribution in [-0.2, 0) is 20.8 Å². The first kappa shape index (κ1) is 15.3. The number of thiophene rings is 1. The maximum Gasteiger partial charge on any atom is 0.252 e. The van der Waals surface area contributed by atoms with Gasteiger partial charge in [0.05, 0.1) is 5.56 Å². The Bertz CT molecular complexity index is 550. The van der Waals surface area contributed by atoms with Gasteiger partial charge < -0.3 is 5.32 Å². The molecular weight excluding hydrogens is 296 g/mol. The molecule has 102 valence electrons. The van der Waals surface area contributed by atoms with Crippen LogP contribution in [0.25, 0.3) is 0 Å². The fourth-order valence-electron chi connectivity index (χ4n) is 1.16. The molecule has 0 bridgehead atoms. The summed E-state index contributed by atoms with van der Waals surface area (Å²) in [6.07, 6.45) is 2.21. The van der Waals surface area contributed by atoms with Gasteiger partial charge in [0.1, 0.15) is 4.21 Å². The van der Waals surface area contributed by atoms with Crippen molar-refractivity contribution >= 4 is 38.1 Å². The molecule has 0 aromatic carbocycles. The Kier molecular flexibility index (Phi) is 5.45. The van der Waals surface area contributed by atoms with Crippen molar-refractivity contribution in [2.45, 2.75) is 10.6 Å². The van der Waals surface area contributed by atoms with Gasteiger partial charge in [-0.1, -0.05) is 0 Å². The number of carbonyl (C=O) groups is 1. The quantitative estimate of drug-likeness (QED) is 0.715. The number of rotatable bonds is 6. The van der Waals surface area contributed by atoms with Crippen molar-refractivity contribution in [2.75, 3.05) is 18.6 Å². The van der Waals surface area contributed by atoms with E-state index in [-0.39, 0.29) is 15.7 Å². The summed E-state index contributed by atoms with van der Waals surface area (Å²) < 4.78 is 32.8. The van der Waals surface area contributed by atoms with Crippen molar-refractivity contribution in [1.29, 1.82) is 0 Å². The number of nitrogens with one attached hydrogen (secondary N) is 1. The Balaban J connectivity index is 2.52. The smallest absolute Gasteiger partial charge is 0.252 e. The summed E-state index contributed by atoms with van der Waals surface area (Å²) >= 11 is 0.907. The van der Waals surface area contributed by atoms with E-state index in [1.54, 1.807) is 6.26 Å². The second-order valence-corrected chi connectivity index (χ2v) is 7.84. The summed E-state index contributed by atoms with van der Waals surface area (Å²) in [4.78, 5) is 11.6. The minimum absolute atomic E-state index is 0.0395. The Hall–Kier alpha value is -0.770. The molecule has 0 aliphatic rings. The van der Waals surface area contributed by atoms with Crippen molar-refractivity contribution < 1.29 is 17.4 Å². The van der Waals surface area contributed by atoms with Crippen LogP contribution in [0.2, 0.25) is 0 Å². The van der Waals surface area contributed by atoms with Gasteiger partial charge in [-0.15, -0.1) is 11.3 Å². The van der Waals surface area contributed by atoms with Crippen LogP contribution in [0.5, 0.6) is 0 Å². The first-order chi connectivity index (χ1) is 8.30. The molecule has 0 fully saturated rings. The second-order valence-electron chi connectivity index (χ2n) is 3.59. The zero-order valence-electron chi connectivity index (χ0n) is 9.71. The molecular formula is C9H14N2O4S3. The third-order valence-corrected chi connectivity index (χ3v) is 5.26. The summed E-state index contributed by atoms with van der Waals surface area (Å²) in [5, 5.41) is 9.00. The van der Waals surface area contributed by atoms with Gasteiger partial charge in [0, 0.05) is 34.7 Å². The minimum atomic E-state index is -3.75. The van der Waals surface area contributed by atoms with Crippen LogP contribution in [0.4, 0.5) is 0 Å². The second kappa shape index (κ2) is 6.41. The number of amides is 1. The molecule has 9 heteroatoms. The molecule has 1 atom stereocenters. The molecule has 0 aliphatic heterocycles. The van der Waals surface area contributed by atoms with E-state index < -0.39 is 20.8 Å². The highest BCUT2D eigenvalue weighted by Gasteiger charge is 2.14. The highest BCUT2D eigenvalue weighted by Crippen LogP contribution is 2.18. The van der Waals surface area contributed by atoms with Crippen molar-refractivity contribution in [2.24, 2.45) is 5.14 Å². The molecule has 1 rings (SSSR count). The summed E-state index contributed by atoms with van der Waals surface area (Å²) in [6, 6.07) is 1.24. The highest BCUT2D eigenvalue weighted by molar-refractivity contribution is 7.91. The van der Waals surface area contributed by atoms with Crippen molar-refractivity contribution in [3.05, 3.63) is 17.0 Å². The Morgan fingerprint density at radius 3 is 2.72 bits per heavy atom. The minimum Gasteiger partial charge on any atom is -0.352 e. The molecule has 3 N–H and O–H groups in total. The first-order valence-corrected chi connectivity index (χ1v) is 9.15. The lowest BCUT2D eigenvalue weighted by Gasteiger charge is -2.02. The third kappa shape index (κ3) is 4.84. The van der Waals surface area contributed by atoms with E-state index in [4.69, 9.17) is 5.14 Å². The van der Waals surface area contributed by atoms with Gasteiger partial charge >= 0.3 is 0 Å². The lowest BCUT2D eigenvalue weighted by Crippen LogP contribution is -2.25. The topological polar surface area (TPSA) is 106 Å². The Labute approximate surface area is 112 Å². The molecule has 0 spiro atoms. The van der Waals surface area contributed by atoms with Gasteiger partial charge in [-0.3, -0.25) is 9.00 Å². The van der Waals surface area contributed by atoms with Crippen molar-refractivity contribution in [1.82, 2.24) is 5.32 Å². The van der Waals surface area contributed by atoms with Gasteiger partial charge in [0.25, 0.3) is 5.91 Å². The maximum atomic E-state index is 11.6. The fraction of sp³-hybridized carbons (Fsp3) is 0.444. The zero-order chi connectivity index (χ0) is 13.8. The molecule has 1 aromatic rings. The molecule has 6 nitrogen and oxygen atoms in total. The van der Waals surface area contributed by atoms with E-state index in [1.165, 1.54) is 11.4 Å². The van der Waals surface area contributed by atoms with Crippen molar-refractivity contribution in [3.8, 4) is 0 Å². The number of nitrogens with two attached hydrogens (primary N) is 1. The summed E-state index contributed by atoms with van der Waals surface area (Å²) in [6.45, 7) is 0.402. The lowest BCUT2D eigenvalue weighted by molar-refractivity contribution is 0.0954. The van der Waals surface area contributed by atoms with E-state index >= 15 is 0 Å². The normalized spacial score (nSPS) is 13.2. The molecule has 0 saturated carbocycles. The maximum absolute atomic E-state index is 11.6. The monoisotopic (exact) mass is 310 g/mol. The molecule has 1 aromatic heterocycles. The summed E-state index contributed by atoms with van der Waals surface area (Å²) in [7, 11) is -4.63. The van der Waals surface area contributed by atoms with Gasteiger partial charge in [-0.2, -0.15) is 0 Å². The number of sulfonamides is 1. The van der Waals surface area contributed by atoms with Gasteiger partial charge in [-0.05, 0) is 12.5 Å². The molecule has 0 radical (unpaired) electrons. The highest BCUT2D eigenvalue weighted by atomic mass is 32.2. The molecule has 1 heterocycles. The van der Waals surface area contributed by atoms with Gasteiger partial charge in [0.15, 0.2) is 0 Å². The van der Waals surface area contributed by atoms with E-state index in [0.717, 1.165) is 11.3 Å². The van der Waals surface area contributed by atoms with Gasteiger partial charge in [0.2, 0.25) is 10.0 Å². The predicted molar refractivity (Wildman–Crippen MR) is 71.6 cm³/mol. The molecule has 18 heavy (non-hydrogen) atoms. The zero-order valence-corrected chi connectivity index (χ0v) is 12.2. The Morgan fingerprint density at radius 2 is 2.22 bits per heavy atom.